The first-order valence-electron chi connectivity index (χ1n) is 15.7. The molecule has 0 radical (unpaired) electrons. The van der Waals surface area contributed by atoms with E-state index in [4.69, 9.17) is 15.6 Å². The summed E-state index contributed by atoms with van der Waals surface area (Å²) in [5, 5.41) is 12.9. The Morgan fingerprint density at radius 2 is 1.48 bits per heavy atom. The molecular weight excluding hydrogens is 633 g/mol. The van der Waals surface area contributed by atoms with E-state index in [1.807, 2.05) is 43.4 Å². The number of carbonyl (C=O) groups is 5. The van der Waals surface area contributed by atoms with Crippen molar-refractivity contribution in [1.29, 1.82) is 0 Å². The Morgan fingerprint density at radius 3 is 2.06 bits per heavy atom. The summed E-state index contributed by atoms with van der Waals surface area (Å²) < 4.78 is 31.7. The maximum Gasteiger partial charge on any atom is 0.490 e. The number of benzene rings is 2. The van der Waals surface area contributed by atoms with E-state index in [9.17, 15) is 32.3 Å². The standard InChI is InChI=1S/C31H42N6O4.C2HF3O2/c1-35(21-23-6-3-2-4-7-23)19-14-33-29(39)26-12-17-37(18-13-26)31(41)30(40)34-27-9-5-8-24(20-27)22-36-15-10-25(11-16-36)28(32)38;3-2(4,5)1(6)7/h2-9,20,25-26H,10-19,21-22H2,1H3,(H2,32,38)(H,33,39)(H,34,40);(H,6,7). The third-order valence-corrected chi connectivity index (χ3v) is 8.26. The largest absolute Gasteiger partial charge is 0.490 e. The van der Waals surface area contributed by atoms with Crippen molar-refractivity contribution < 1.29 is 42.3 Å². The molecule has 0 bridgehead atoms. The minimum absolute atomic E-state index is 0.00493. The van der Waals surface area contributed by atoms with Gasteiger partial charge in [-0.2, -0.15) is 13.2 Å². The van der Waals surface area contributed by atoms with Crippen molar-refractivity contribution in [3.05, 3.63) is 65.7 Å². The van der Waals surface area contributed by atoms with Crippen LogP contribution >= 0.6 is 0 Å². The number of likely N-dealkylation sites (tertiary alicyclic amines) is 2. The number of hydrogen-bond acceptors (Lipinski definition) is 7. The van der Waals surface area contributed by atoms with Crippen molar-refractivity contribution in [1.82, 2.24) is 20.0 Å². The number of nitrogens with one attached hydrogen (secondary N) is 2. The molecule has 4 amide bonds. The average molecular weight is 677 g/mol. The van der Waals surface area contributed by atoms with Gasteiger partial charge >= 0.3 is 24.0 Å². The van der Waals surface area contributed by atoms with E-state index < -0.39 is 24.0 Å². The summed E-state index contributed by atoms with van der Waals surface area (Å²) in [5.41, 5.74) is 8.25. The van der Waals surface area contributed by atoms with Gasteiger partial charge in [0.2, 0.25) is 11.8 Å². The fraction of sp³-hybridized carbons (Fsp3) is 0.485. The number of rotatable bonds is 10. The quantitative estimate of drug-likeness (QED) is 0.279. The Morgan fingerprint density at radius 1 is 0.896 bits per heavy atom. The van der Waals surface area contributed by atoms with Crippen molar-refractivity contribution in [2.75, 3.05) is 51.6 Å². The number of carbonyl (C=O) groups excluding carboxylic acids is 4. The molecule has 0 saturated carbocycles. The van der Waals surface area contributed by atoms with Crippen LogP contribution in [-0.4, -0.2) is 102 Å². The van der Waals surface area contributed by atoms with Crippen molar-refractivity contribution in [3.8, 4) is 0 Å². The first-order chi connectivity index (χ1) is 22.7. The fourth-order valence-electron chi connectivity index (χ4n) is 5.54. The third kappa shape index (κ3) is 12.6. The summed E-state index contributed by atoms with van der Waals surface area (Å²) in [6, 6.07) is 17.7. The van der Waals surface area contributed by atoms with Crippen LogP contribution in [0.25, 0.3) is 0 Å². The highest BCUT2D eigenvalue weighted by Crippen LogP contribution is 2.21. The lowest BCUT2D eigenvalue weighted by molar-refractivity contribution is -0.192. The normalized spacial score (nSPS) is 16.1. The SMILES string of the molecule is CN(CCNC(=O)C1CCN(C(=O)C(=O)Nc2cccc(CN3CCC(C(N)=O)CC3)c2)CC1)Cc1ccccc1.O=C(O)C(F)(F)F. The molecule has 0 atom stereocenters. The van der Waals surface area contributed by atoms with E-state index >= 15 is 0 Å². The molecule has 48 heavy (non-hydrogen) atoms. The lowest BCUT2D eigenvalue weighted by Gasteiger charge is -2.31. The van der Waals surface area contributed by atoms with Gasteiger partial charge in [0.15, 0.2) is 0 Å². The molecule has 4 rings (SSSR count). The maximum atomic E-state index is 12.8. The van der Waals surface area contributed by atoms with Gasteiger partial charge in [0, 0.05) is 56.8 Å². The number of piperidine rings is 2. The number of hydrogen-bond donors (Lipinski definition) is 4. The van der Waals surface area contributed by atoms with Gasteiger partial charge in [-0.1, -0.05) is 42.5 Å². The number of amides is 4. The Labute approximate surface area is 277 Å². The van der Waals surface area contributed by atoms with Crippen LogP contribution in [0.4, 0.5) is 18.9 Å². The van der Waals surface area contributed by atoms with Crippen molar-refractivity contribution >= 4 is 35.3 Å². The molecule has 2 saturated heterocycles. The first kappa shape index (κ1) is 38.0. The molecule has 0 spiro atoms. The molecule has 2 aromatic carbocycles. The van der Waals surface area contributed by atoms with Gasteiger partial charge in [-0.05, 0) is 69.1 Å². The van der Waals surface area contributed by atoms with Crippen molar-refractivity contribution in [2.24, 2.45) is 17.6 Å². The summed E-state index contributed by atoms with van der Waals surface area (Å²) in [7, 11) is 2.03. The molecule has 262 valence electrons. The molecule has 2 fully saturated rings. The number of halogens is 3. The van der Waals surface area contributed by atoms with Crippen molar-refractivity contribution in [2.45, 2.75) is 44.9 Å². The van der Waals surface area contributed by atoms with Crippen LogP contribution in [0.2, 0.25) is 0 Å². The first-order valence-corrected chi connectivity index (χ1v) is 15.7. The van der Waals surface area contributed by atoms with Gasteiger partial charge in [-0.25, -0.2) is 4.79 Å². The van der Waals surface area contributed by atoms with Crippen LogP contribution < -0.4 is 16.4 Å². The average Bonchev–Trinajstić information content (AvgIpc) is 3.05. The molecular formula is C33H43F3N6O6. The molecule has 12 nitrogen and oxygen atoms in total. The van der Waals surface area contributed by atoms with E-state index in [1.165, 1.54) is 10.5 Å². The summed E-state index contributed by atoms with van der Waals surface area (Å²) in [5.74, 6) is -4.45. The highest BCUT2D eigenvalue weighted by molar-refractivity contribution is 6.39. The van der Waals surface area contributed by atoms with Crippen LogP contribution in [-0.2, 0) is 37.1 Å². The number of likely N-dealkylation sites (N-methyl/N-ethyl adjacent to an activating group) is 1. The Balaban J connectivity index is 0.000000804. The number of primary amides is 1. The molecule has 2 aliphatic heterocycles. The van der Waals surface area contributed by atoms with E-state index in [2.05, 4.69) is 32.6 Å². The summed E-state index contributed by atoms with van der Waals surface area (Å²) in [4.78, 5) is 64.5. The number of carboxylic acid groups (broad SMARTS) is 1. The Hall–Kier alpha value is -4.50. The van der Waals surface area contributed by atoms with E-state index in [1.54, 1.807) is 6.07 Å². The van der Waals surface area contributed by atoms with Crippen LogP contribution in [0.3, 0.4) is 0 Å². The minimum Gasteiger partial charge on any atom is -0.475 e. The zero-order chi connectivity index (χ0) is 35.3. The number of aliphatic carboxylic acids is 1. The predicted octanol–water partition coefficient (Wildman–Crippen LogP) is 2.44. The molecule has 0 aromatic heterocycles. The number of anilines is 1. The van der Waals surface area contributed by atoms with Crippen LogP contribution in [0.15, 0.2) is 54.6 Å². The number of alkyl halides is 3. The second-order valence-corrected chi connectivity index (χ2v) is 12.0. The molecule has 2 aromatic rings. The highest BCUT2D eigenvalue weighted by atomic mass is 19.4. The van der Waals surface area contributed by atoms with Crippen LogP contribution in [0.5, 0.6) is 0 Å². The van der Waals surface area contributed by atoms with Gasteiger partial charge < -0.3 is 31.3 Å². The van der Waals surface area contributed by atoms with Crippen LogP contribution in [0, 0.1) is 11.8 Å². The zero-order valence-corrected chi connectivity index (χ0v) is 26.9. The smallest absolute Gasteiger partial charge is 0.475 e. The lowest BCUT2D eigenvalue weighted by atomic mass is 9.96. The minimum atomic E-state index is -5.08. The Kier molecular flexibility index (Phi) is 14.4. The predicted molar refractivity (Wildman–Crippen MR) is 171 cm³/mol. The van der Waals surface area contributed by atoms with Crippen LogP contribution in [0.1, 0.15) is 36.8 Å². The summed E-state index contributed by atoms with van der Waals surface area (Å²) in [6.45, 7) is 5.16. The lowest BCUT2D eigenvalue weighted by Crippen LogP contribution is -2.47. The van der Waals surface area contributed by atoms with Gasteiger partial charge in [-0.15, -0.1) is 0 Å². The molecule has 15 heteroatoms. The second-order valence-electron chi connectivity index (χ2n) is 12.0. The summed E-state index contributed by atoms with van der Waals surface area (Å²) >= 11 is 0. The van der Waals surface area contributed by atoms with E-state index in [-0.39, 0.29) is 23.7 Å². The topological polar surface area (TPSA) is 165 Å². The zero-order valence-electron chi connectivity index (χ0n) is 26.9. The van der Waals surface area contributed by atoms with E-state index in [0.717, 1.165) is 44.6 Å². The van der Waals surface area contributed by atoms with Crippen molar-refractivity contribution in [3.63, 3.8) is 0 Å². The van der Waals surface area contributed by atoms with E-state index in [0.29, 0.717) is 44.7 Å². The second kappa shape index (κ2) is 18.2. The molecule has 0 aliphatic carbocycles. The third-order valence-electron chi connectivity index (χ3n) is 8.26. The number of nitrogens with zero attached hydrogens (tertiary/aromatic N) is 3. The Bertz CT molecular complexity index is 1390. The fourth-order valence-corrected chi connectivity index (χ4v) is 5.54. The van der Waals surface area contributed by atoms with Gasteiger partial charge in [0.25, 0.3) is 0 Å². The number of nitrogens with two attached hydrogens (primary N) is 1. The van der Waals surface area contributed by atoms with Gasteiger partial charge in [-0.3, -0.25) is 24.1 Å². The molecule has 0 unspecified atom stereocenters. The molecule has 5 N–H and O–H groups in total. The van der Waals surface area contributed by atoms with Gasteiger partial charge in [0.05, 0.1) is 0 Å². The highest BCUT2D eigenvalue weighted by Gasteiger charge is 2.38. The molecule has 2 aliphatic rings. The molecule has 2 heterocycles. The summed E-state index contributed by atoms with van der Waals surface area (Å²) in [6.07, 6.45) is -2.51. The number of carboxylic acids is 1. The van der Waals surface area contributed by atoms with Gasteiger partial charge in [0.1, 0.15) is 0 Å². The maximum absolute atomic E-state index is 12.8. The monoisotopic (exact) mass is 676 g/mol.